The molecule has 3 aromatic rings. The van der Waals surface area contributed by atoms with E-state index in [9.17, 15) is 0 Å². The van der Waals surface area contributed by atoms with Gasteiger partial charge in [-0.3, -0.25) is 9.58 Å². The van der Waals surface area contributed by atoms with Gasteiger partial charge in [0.05, 0.1) is 26.0 Å². The molecule has 1 fully saturated rings. The van der Waals surface area contributed by atoms with E-state index in [1.54, 1.807) is 13.3 Å². The minimum atomic E-state index is 0.394. The minimum Gasteiger partial charge on any atom is -0.497 e. The van der Waals surface area contributed by atoms with E-state index in [1.165, 1.54) is 12.0 Å². The van der Waals surface area contributed by atoms with Gasteiger partial charge >= 0.3 is 0 Å². The first-order valence-corrected chi connectivity index (χ1v) is 8.54. The summed E-state index contributed by atoms with van der Waals surface area (Å²) in [5, 5.41) is 4.30. The Morgan fingerprint density at radius 2 is 2.08 bits per heavy atom. The van der Waals surface area contributed by atoms with E-state index in [4.69, 9.17) is 9.15 Å². The normalized spacial score (nSPS) is 17.9. The molecule has 1 aromatic carbocycles. The van der Waals surface area contributed by atoms with Gasteiger partial charge in [-0.15, -0.1) is 0 Å². The van der Waals surface area contributed by atoms with Crippen molar-refractivity contribution in [2.45, 2.75) is 25.4 Å². The van der Waals surface area contributed by atoms with Gasteiger partial charge in [0.1, 0.15) is 5.75 Å². The van der Waals surface area contributed by atoms with Crippen molar-refractivity contribution in [1.29, 1.82) is 0 Å². The SMILES string of the molecule is COc1ccc(-c2cnc(CN3CCCC3c3cnn(C)c3)o2)cc1. The molecule has 130 valence electrons. The summed E-state index contributed by atoms with van der Waals surface area (Å²) in [5.74, 6) is 2.37. The fourth-order valence-corrected chi connectivity index (χ4v) is 3.45. The Kier molecular flexibility index (Phi) is 4.28. The highest BCUT2D eigenvalue weighted by atomic mass is 16.5. The first-order valence-electron chi connectivity index (χ1n) is 8.54. The zero-order valence-electron chi connectivity index (χ0n) is 14.6. The molecule has 6 nitrogen and oxygen atoms in total. The summed E-state index contributed by atoms with van der Waals surface area (Å²) in [4.78, 5) is 6.89. The lowest BCUT2D eigenvalue weighted by Crippen LogP contribution is -2.22. The van der Waals surface area contributed by atoms with Crippen molar-refractivity contribution in [2.24, 2.45) is 7.05 Å². The molecule has 0 amide bonds. The average Bonchev–Trinajstić information content (AvgIpc) is 3.36. The van der Waals surface area contributed by atoms with Gasteiger partial charge in [0, 0.05) is 30.4 Å². The topological polar surface area (TPSA) is 56.3 Å². The number of oxazole rings is 1. The number of nitrogens with zero attached hydrogens (tertiary/aromatic N) is 4. The Morgan fingerprint density at radius 3 is 2.80 bits per heavy atom. The van der Waals surface area contributed by atoms with Crippen molar-refractivity contribution < 1.29 is 9.15 Å². The van der Waals surface area contributed by atoms with Crippen LogP contribution in [0, 0.1) is 0 Å². The third kappa shape index (κ3) is 3.30. The zero-order valence-corrected chi connectivity index (χ0v) is 14.6. The van der Waals surface area contributed by atoms with Crippen molar-refractivity contribution in [2.75, 3.05) is 13.7 Å². The van der Waals surface area contributed by atoms with Gasteiger partial charge in [0.2, 0.25) is 5.89 Å². The molecule has 2 aromatic heterocycles. The van der Waals surface area contributed by atoms with Gasteiger partial charge in [-0.05, 0) is 43.7 Å². The third-order valence-electron chi connectivity index (χ3n) is 4.74. The predicted octanol–water partition coefficient (Wildman–Crippen LogP) is 3.42. The molecule has 25 heavy (non-hydrogen) atoms. The Labute approximate surface area is 147 Å². The molecular weight excluding hydrogens is 316 g/mol. The Morgan fingerprint density at radius 1 is 1.24 bits per heavy atom. The highest BCUT2D eigenvalue weighted by molar-refractivity contribution is 5.57. The molecule has 0 saturated carbocycles. The van der Waals surface area contributed by atoms with Crippen molar-refractivity contribution in [1.82, 2.24) is 19.7 Å². The molecule has 0 radical (unpaired) electrons. The molecule has 0 N–H and O–H groups in total. The monoisotopic (exact) mass is 338 g/mol. The van der Waals surface area contributed by atoms with Crippen LogP contribution in [0.2, 0.25) is 0 Å². The third-order valence-corrected chi connectivity index (χ3v) is 4.74. The van der Waals surface area contributed by atoms with Gasteiger partial charge in [-0.25, -0.2) is 4.98 Å². The van der Waals surface area contributed by atoms with Gasteiger partial charge in [-0.2, -0.15) is 5.10 Å². The van der Waals surface area contributed by atoms with Crippen molar-refractivity contribution in [3.8, 4) is 17.1 Å². The first kappa shape index (κ1) is 15.9. The van der Waals surface area contributed by atoms with E-state index in [-0.39, 0.29) is 0 Å². The molecule has 1 aliphatic rings. The van der Waals surface area contributed by atoms with Crippen LogP contribution >= 0.6 is 0 Å². The number of benzene rings is 1. The van der Waals surface area contributed by atoms with E-state index >= 15 is 0 Å². The lowest BCUT2D eigenvalue weighted by molar-refractivity contribution is 0.224. The van der Waals surface area contributed by atoms with Crippen molar-refractivity contribution in [3.63, 3.8) is 0 Å². The largest absolute Gasteiger partial charge is 0.497 e. The number of likely N-dealkylation sites (tertiary alicyclic amines) is 1. The molecule has 1 aliphatic heterocycles. The maximum Gasteiger partial charge on any atom is 0.209 e. The van der Waals surface area contributed by atoms with Crippen LogP contribution in [0.25, 0.3) is 11.3 Å². The molecule has 0 aliphatic carbocycles. The fraction of sp³-hybridized carbons (Fsp3) is 0.368. The first-order chi connectivity index (χ1) is 12.2. The maximum atomic E-state index is 5.98. The summed E-state index contributed by atoms with van der Waals surface area (Å²) in [6.07, 6.45) is 8.19. The molecule has 1 atom stereocenters. The molecular formula is C19H22N4O2. The van der Waals surface area contributed by atoms with Crippen LogP contribution in [0.15, 0.2) is 47.3 Å². The second-order valence-corrected chi connectivity index (χ2v) is 6.42. The number of aromatic nitrogens is 3. The average molecular weight is 338 g/mol. The molecule has 4 rings (SSSR count). The zero-order chi connectivity index (χ0) is 17.2. The number of ether oxygens (including phenoxy) is 1. The lowest BCUT2D eigenvalue weighted by atomic mass is 10.1. The Balaban J connectivity index is 1.48. The minimum absolute atomic E-state index is 0.394. The molecule has 1 saturated heterocycles. The van der Waals surface area contributed by atoms with Crippen LogP contribution in [-0.2, 0) is 13.6 Å². The number of methoxy groups -OCH3 is 1. The molecule has 1 unspecified atom stereocenters. The summed E-state index contributed by atoms with van der Waals surface area (Å²) < 4.78 is 13.0. The van der Waals surface area contributed by atoms with Gasteiger partial charge in [0.15, 0.2) is 5.76 Å². The van der Waals surface area contributed by atoms with E-state index in [1.807, 2.05) is 42.2 Å². The molecule has 0 spiro atoms. The van der Waals surface area contributed by atoms with Gasteiger partial charge in [-0.1, -0.05) is 0 Å². The number of hydrogen-bond acceptors (Lipinski definition) is 5. The fourth-order valence-electron chi connectivity index (χ4n) is 3.45. The predicted molar refractivity (Wildman–Crippen MR) is 94.1 cm³/mol. The molecule has 0 bridgehead atoms. The van der Waals surface area contributed by atoms with E-state index in [0.717, 1.165) is 42.5 Å². The van der Waals surface area contributed by atoms with Crippen LogP contribution < -0.4 is 4.74 Å². The highest BCUT2D eigenvalue weighted by Gasteiger charge is 2.28. The van der Waals surface area contributed by atoms with Crippen molar-refractivity contribution >= 4 is 0 Å². The van der Waals surface area contributed by atoms with Gasteiger partial charge in [0.25, 0.3) is 0 Å². The molecule has 3 heterocycles. The number of hydrogen-bond donors (Lipinski definition) is 0. The van der Waals surface area contributed by atoms with Crippen LogP contribution in [0.4, 0.5) is 0 Å². The summed E-state index contributed by atoms with van der Waals surface area (Å²) in [7, 11) is 3.62. The quantitative estimate of drug-likeness (QED) is 0.713. The van der Waals surface area contributed by atoms with Crippen LogP contribution in [0.3, 0.4) is 0 Å². The van der Waals surface area contributed by atoms with Crippen molar-refractivity contribution in [3.05, 3.63) is 54.3 Å². The summed E-state index contributed by atoms with van der Waals surface area (Å²) in [6.45, 7) is 1.77. The number of aryl methyl sites for hydroxylation is 1. The van der Waals surface area contributed by atoms with Crippen LogP contribution in [0.5, 0.6) is 5.75 Å². The summed E-state index contributed by atoms with van der Waals surface area (Å²) in [5.41, 5.74) is 2.27. The van der Waals surface area contributed by atoms with E-state index < -0.39 is 0 Å². The second kappa shape index (κ2) is 6.72. The summed E-state index contributed by atoms with van der Waals surface area (Å²) >= 11 is 0. The lowest BCUT2D eigenvalue weighted by Gasteiger charge is -2.21. The second-order valence-electron chi connectivity index (χ2n) is 6.42. The van der Waals surface area contributed by atoms with E-state index in [2.05, 4.69) is 21.2 Å². The Bertz CT molecular complexity index is 837. The van der Waals surface area contributed by atoms with Crippen LogP contribution in [0.1, 0.15) is 30.3 Å². The Hall–Kier alpha value is -2.60. The smallest absolute Gasteiger partial charge is 0.209 e. The summed E-state index contributed by atoms with van der Waals surface area (Å²) in [6, 6.07) is 8.21. The maximum absolute atomic E-state index is 5.98. The standard InChI is InChI=1S/C19H22N4O2/c1-22-12-15(10-21-22)17-4-3-9-23(17)13-19-20-11-18(25-19)14-5-7-16(24-2)8-6-14/h5-8,10-12,17H,3-4,9,13H2,1-2H3. The molecule has 6 heteroatoms. The van der Waals surface area contributed by atoms with E-state index in [0.29, 0.717) is 6.04 Å². The number of rotatable bonds is 5. The van der Waals surface area contributed by atoms with Gasteiger partial charge < -0.3 is 9.15 Å². The highest BCUT2D eigenvalue weighted by Crippen LogP contribution is 2.33. The van der Waals surface area contributed by atoms with Crippen LogP contribution in [-0.4, -0.2) is 33.3 Å².